The lowest BCUT2D eigenvalue weighted by Gasteiger charge is -2.13. The van der Waals surface area contributed by atoms with E-state index in [2.05, 4.69) is 33.0 Å². The van der Waals surface area contributed by atoms with Crippen LogP contribution in [-0.4, -0.2) is 23.0 Å². The number of benzene rings is 1. The van der Waals surface area contributed by atoms with Crippen LogP contribution in [0.4, 0.5) is 11.5 Å². The lowest BCUT2D eigenvalue weighted by Crippen LogP contribution is -2.07. The number of methoxy groups -OCH3 is 1. The summed E-state index contributed by atoms with van der Waals surface area (Å²) in [7, 11) is 1.32. The number of hydrogen-bond donors (Lipinski definition) is 1. The predicted molar refractivity (Wildman–Crippen MR) is 77.2 cm³/mol. The Bertz CT molecular complexity index is 626. The Hall–Kier alpha value is -2.43. The van der Waals surface area contributed by atoms with Crippen molar-refractivity contribution < 1.29 is 9.53 Å². The van der Waals surface area contributed by atoms with E-state index in [0.29, 0.717) is 5.82 Å². The van der Waals surface area contributed by atoms with Gasteiger partial charge in [-0.05, 0) is 24.5 Å². The van der Waals surface area contributed by atoms with Gasteiger partial charge in [0, 0.05) is 5.69 Å². The predicted octanol–water partition coefficient (Wildman–Crippen LogP) is 2.88. The lowest BCUT2D eigenvalue weighted by atomic mass is 10.1. The van der Waals surface area contributed by atoms with E-state index in [1.807, 2.05) is 19.1 Å². The van der Waals surface area contributed by atoms with Crippen LogP contribution in [0, 0.1) is 6.92 Å². The third-order valence-corrected chi connectivity index (χ3v) is 3.02. The highest BCUT2D eigenvalue weighted by molar-refractivity contribution is 5.87. The molecule has 0 amide bonds. The van der Waals surface area contributed by atoms with Crippen molar-refractivity contribution in [1.82, 2.24) is 9.97 Å². The van der Waals surface area contributed by atoms with Crippen LogP contribution in [0.25, 0.3) is 0 Å². The minimum atomic E-state index is -0.498. The van der Waals surface area contributed by atoms with Gasteiger partial charge in [0.25, 0.3) is 0 Å². The first kappa shape index (κ1) is 14.0. The molecule has 0 aliphatic rings. The fourth-order valence-corrected chi connectivity index (χ4v) is 1.96. The normalized spacial score (nSPS) is 10.2. The molecule has 5 nitrogen and oxygen atoms in total. The number of para-hydroxylation sites is 1. The van der Waals surface area contributed by atoms with Crippen LogP contribution in [0.1, 0.15) is 28.5 Å². The maximum atomic E-state index is 11.5. The van der Waals surface area contributed by atoms with Gasteiger partial charge in [0.2, 0.25) is 0 Å². The highest BCUT2D eigenvalue weighted by Gasteiger charge is 2.10. The number of anilines is 2. The van der Waals surface area contributed by atoms with Gasteiger partial charge in [0.05, 0.1) is 19.5 Å². The van der Waals surface area contributed by atoms with E-state index in [9.17, 15) is 4.79 Å². The monoisotopic (exact) mass is 271 g/mol. The van der Waals surface area contributed by atoms with Crippen LogP contribution < -0.4 is 5.32 Å². The fraction of sp³-hybridized carbons (Fsp3) is 0.267. The number of nitrogens with one attached hydrogen (secondary N) is 1. The first-order valence-electron chi connectivity index (χ1n) is 6.41. The molecule has 5 heteroatoms. The summed E-state index contributed by atoms with van der Waals surface area (Å²) in [5.74, 6) is 0.0264. The molecule has 20 heavy (non-hydrogen) atoms. The lowest BCUT2D eigenvalue weighted by molar-refractivity contribution is 0.0593. The number of carbonyl (C=O) groups excluding carboxylic acids is 1. The molecule has 0 bridgehead atoms. The molecule has 0 spiro atoms. The number of esters is 1. The smallest absolute Gasteiger partial charge is 0.358 e. The highest BCUT2D eigenvalue weighted by atomic mass is 16.5. The van der Waals surface area contributed by atoms with Crippen molar-refractivity contribution in [2.45, 2.75) is 20.3 Å². The van der Waals surface area contributed by atoms with Crippen molar-refractivity contribution in [1.29, 1.82) is 0 Å². The zero-order valence-electron chi connectivity index (χ0n) is 11.8. The Morgan fingerprint density at radius 3 is 2.85 bits per heavy atom. The van der Waals surface area contributed by atoms with E-state index >= 15 is 0 Å². The third-order valence-electron chi connectivity index (χ3n) is 3.02. The number of rotatable bonds is 4. The van der Waals surface area contributed by atoms with Gasteiger partial charge in [0.15, 0.2) is 5.69 Å². The van der Waals surface area contributed by atoms with Gasteiger partial charge < -0.3 is 10.1 Å². The average molecular weight is 271 g/mol. The molecular weight excluding hydrogens is 254 g/mol. The number of aromatic nitrogens is 2. The van der Waals surface area contributed by atoms with E-state index < -0.39 is 5.97 Å². The Morgan fingerprint density at radius 2 is 2.15 bits per heavy atom. The maximum absolute atomic E-state index is 11.5. The molecule has 0 fully saturated rings. The van der Waals surface area contributed by atoms with Crippen LogP contribution >= 0.6 is 0 Å². The maximum Gasteiger partial charge on any atom is 0.358 e. The number of nitrogens with zero attached hydrogens (tertiary/aromatic N) is 2. The van der Waals surface area contributed by atoms with E-state index in [4.69, 9.17) is 0 Å². The SMILES string of the molecule is CCc1cccc(C)c1Nc1cncc(C(=O)OC)n1. The van der Waals surface area contributed by atoms with Crippen LogP contribution in [0.15, 0.2) is 30.6 Å². The minimum absolute atomic E-state index is 0.184. The third kappa shape index (κ3) is 2.93. The van der Waals surface area contributed by atoms with Crippen LogP contribution in [0.3, 0.4) is 0 Å². The molecule has 0 atom stereocenters. The van der Waals surface area contributed by atoms with E-state index in [0.717, 1.165) is 17.7 Å². The van der Waals surface area contributed by atoms with Gasteiger partial charge in [-0.25, -0.2) is 9.78 Å². The molecule has 1 heterocycles. The molecule has 2 rings (SSSR count). The fourth-order valence-electron chi connectivity index (χ4n) is 1.96. The quantitative estimate of drug-likeness (QED) is 0.866. The molecule has 2 aromatic rings. The van der Waals surface area contributed by atoms with Crippen molar-refractivity contribution in [3.63, 3.8) is 0 Å². The Morgan fingerprint density at radius 1 is 1.35 bits per heavy atom. The first-order chi connectivity index (χ1) is 9.65. The number of ether oxygens (including phenoxy) is 1. The molecule has 0 aliphatic heterocycles. The molecule has 0 saturated heterocycles. The van der Waals surface area contributed by atoms with Gasteiger partial charge in [0.1, 0.15) is 5.82 Å². The van der Waals surface area contributed by atoms with Crippen LogP contribution in [0.5, 0.6) is 0 Å². The van der Waals surface area contributed by atoms with Gasteiger partial charge in [-0.15, -0.1) is 0 Å². The molecule has 1 aromatic heterocycles. The van der Waals surface area contributed by atoms with E-state index in [1.54, 1.807) is 6.20 Å². The van der Waals surface area contributed by atoms with Gasteiger partial charge in [-0.3, -0.25) is 4.98 Å². The molecule has 0 aliphatic carbocycles. The van der Waals surface area contributed by atoms with E-state index in [1.165, 1.54) is 18.9 Å². The van der Waals surface area contributed by atoms with Gasteiger partial charge in [-0.2, -0.15) is 0 Å². The van der Waals surface area contributed by atoms with Crippen molar-refractivity contribution >= 4 is 17.5 Å². The first-order valence-corrected chi connectivity index (χ1v) is 6.41. The molecule has 0 unspecified atom stereocenters. The molecule has 0 radical (unpaired) electrons. The summed E-state index contributed by atoms with van der Waals surface area (Å²) in [5, 5.41) is 3.23. The van der Waals surface area contributed by atoms with Gasteiger partial charge in [-0.1, -0.05) is 25.1 Å². The molecule has 1 aromatic carbocycles. The van der Waals surface area contributed by atoms with Crippen molar-refractivity contribution in [2.75, 3.05) is 12.4 Å². The number of aryl methyl sites for hydroxylation is 2. The van der Waals surface area contributed by atoms with Crippen molar-refractivity contribution in [3.8, 4) is 0 Å². The van der Waals surface area contributed by atoms with Crippen molar-refractivity contribution in [2.24, 2.45) is 0 Å². The minimum Gasteiger partial charge on any atom is -0.464 e. The second-order valence-electron chi connectivity index (χ2n) is 4.37. The Labute approximate surface area is 118 Å². The Balaban J connectivity index is 2.33. The zero-order chi connectivity index (χ0) is 14.5. The summed E-state index contributed by atoms with van der Waals surface area (Å²) in [5.41, 5.74) is 3.50. The van der Waals surface area contributed by atoms with E-state index in [-0.39, 0.29) is 5.69 Å². The van der Waals surface area contributed by atoms with Crippen LogP contribution in [0.2, 0.25) is 0 Å². The average Bonchev–Trinajstić information content (AvgIpc) is 2.48. The highest BCUT2D eigenvalue weighted by Crippen LogP contribution is 2.24. The largest absolute Gasteiger partial charge is 0.464 e. The molecule has 0 saturated carbocycles. The van der Waals surface area contributed by atoms with Crippen molar-refractivity contribution in [3.05, 3.63) is 47.4 Å². The zero-order valence-corrected chi connectivity index (χ0v) is 11.8. The summed E-state index contributed by atoms with van der Waals surface area (Å²) in [6.07, 6.45) is 3.88. The second-order valence-corrected chi connectivity index (χ2v) is 4.37. The summed E-state index contributed by atoms with van der Waals surface area (Å²) in [6, 6.07) is 6.11. The summed E-state index contributed by atoms with van der Waals surface area (Å²) < 4.78 is 4.64. The topological polar surface area (TPSA) is 64.1 Å². The second kappa shape index (κ2) is 6.14. The Kier molecular flexibility index (Phi) is 4.30. The standard InChI is InChI=1S/C15H17N3O2/c1-4-11-7-5-6-10(2)14(11)18-13-9-16-8-12(17-13)15(19)20-3/h5-9H,4H2,1-3H3,(H,17,18). The van der Waals surface area contributed by atoms with Gasteiger partial charge >= 0.3 is 5.97 Å². The molecule has 104 valence electrons. The summed E-state index contributed by atoms with van der Waals surface area (Å²) in [6.45, 7) is 4.12. The summed E-state index contributed by atoms with van der Waals surface area (Å²) >= 11 is 0. The molecule has 1 N–H and O–H groups in total. The summed E-state index contributed by atoms with van der Waals surface area (Å²) in [4.78, 5) is 19.7. The number of carbonyl (C=O) groups is 1. The van der Waals surface area contributed by atoms with Crippen LogP contribution in [-0.2, 0) is 11.2 Å². The number of hydrogen-bond acceptors (Lipinski definition) is 5. The molecular formula is C15H17N3O2.